The summed E-state index contributed by atoms with van der Waals surface area (Å²) in [5, 5.41) is 4.45. The Morgan fingerprint density at radius 2 is 1.68 bits per heavy atom. The molecular formula is C17H14BrF3N2O2. The van der Waals surface area contributed by atoms with E-state index in [0.29, 0.717) is 12.5 Å². The summed E-state index contributed by atoms with van der Waals surface area (Å²) in [5.74, 6) is -5.63. The third kappa shape index (κ3) is 5.32. The molecule has 2 N–H and O–H groups in total. The Kier molecular flexibility index (Phi) is 6.58. The second-order valence-corrected chi connectivity index (χ2v) is 5.99. The van der Waals surface area contributed by atoms with E-state index < -0.39 is 35.6 Å². The van der Waals surface area contributed by atoms with Crippen LogP contribution in [0.4, 0.5) is 18.9 Å². The number of halogens is 4. The highest BCUT2D eigenvalue weighted by atomic mass is 79.9. The van der Waals surface area contributed by atoms with Gasteiger partial charge in [-0.05, 0) is 30.2 Å². The predicted molar refractivity (Wildman–Crippen MR) is 90.4 cm³/mol. The lowest BCUT2D eigenvalue weighted by atomic mass is 10.1. The maximum absolute atomic E-state index is 13.4. The predicted octanol–water partition coefficient (Wildman–Crippen LogP) is 3.55. The Hall–Kier alpha value is -2.35. The van der Waals surface area contributed by atoms with Crippen molar-refractivity contribution in [2.24, 2.45) is 0 Å². The first-order chi connectivity index (χ1) is 11.9. The summed E-state index contributed by atoms with van der Waals surface area (Å²) in [6, 6.07) is 9.04. The lowest BCUT2D eigenvalue weighted by molar-refractivity contribution is -0.124. The molecule has 0 saturated carbocycles. The zero-order valence-electron chi connectivity index (χ0n) is 12.9. The molecule has 0 fully saturated rings. The van der Waals surface area contributed by atoms with E-state index >= 15 is 0 Å². The summed E-state index contributed by atoms with van der Waals surface area (Å²) in [6.07, 6.45) is 0.641. The first-order valence-corrected chi connectivity index (χ1v) is 8.11. The highest BCUT2D eigenvalue weighted by Crippen LogP contribution is 2.19. The largest absolute Gasteiger partial charge is 0.347 e. The summed E-state index contributed by atoms with van der Waals surface area (Å²) >= 11 is 3.37. The summed E-state index contributed by atoms with van der Waals surface area (Å²) in [5.41, 5.74) is 0.456. The second kappa shape index (κ2) is 8.66. The Morgan fingerprint density at radius 3 is 2.40 bits per heavy atom. The minimum atomic E-state index is -1.67. The van der Waals surface area contributed by atoms with Crippen LogP contribution in [0.1, 0.15) is 12.0 Å². The molecule has 0 aliphatic heterocycles. The van der Waals surface area contributed by atoms with Crippen LogP contribution < -0.4 is 10.6 Å². The molecule has 0 bridgehead atoms. The zero-order chi connectivity index (χ0) is 18.4. The van der Waals surface area contributed by atoms with Gasteiger partial charge in [-0.15, -0.1) is 0 Å². The van der Waals surface area contributed by atoms with Gasteiger partial charge >= 0.3 is 0 Å². The third-order valence-electron chi connectivity index (χ3n) is 3.33. The standard InChI is InChI=1S/C17H14BrF3N2O2/c18-11-4-2-1-3-10(11)5-8-14(24)22-9-15(25)23-13-7-6-12(19)16(20)17(13)21/h1-4,6-7H,5,8-9H2,(H,22,24)(H,23,25). The summed E-state index contributed by atoms with van der Waals surface area (Å²) in [6.45, 7) is -0.409. The quantitative estimate of drug-likeness (QED) is 0.710. The highest BCUT2D eigenvalue weighted by molar-refractivity contribution is 9.10. The van der Waals surface area contributed by atoms with Crippen molar-refractivity contribution in [1.29, 1.82) is 0 Å². The van der Waals surface area contributed by atoms with E-state index in [2.05, 4.69) is 26.6 Å². The molecule has 8 heteroatoms. The van der Waals surface area contributed by atoms with Crippen LogP contribution in [0.25, 0.3) is 0 Å². The van der Waals surface area contributed by atoms with Gasteiger partial charge in [0.25, 0.3) is 0 Å². The van der Waals surface area contributed by atoms with Crippen molar-refractivity contribution in [2.45, 2.75) is 12.8 Å². The Morgan fingerprint density at radius 1 is 0.960 bits per heavy atom. The maximum Gasteiger partial charge on any atom is 0.243 e. The molecule has 0 radical (unpaired) electrons. The van der Waals surface area contributed by atoms with E-state index in [-0.39, 0.29) is 12.3 Å². The number of anilines is 1. The van der Waals surface area contributed by atoms with E-state index in [4.69, 9.17) is 0 Å². The molecule has 4 nitrogen and oxygen atoms in total. The van der Waals surface area contributed by atoms with Crippen LogP contribution in [-0.2, 0) is 16.0 Å². The highest BCUT2D eigenvalue weighted by Gasteiger charge is 2.15. The van der Waals surface area contributed by atoms with Crippen LogP contribution in [-0.4, -0.2) is 18.4 Å². The number of rotatable bonds is 6. The fourth-order valence-electron chi connectivity index (χ4n) is 2.03. The molecule has 0 heterocycles. The Labute approximate surface area is 150 Å². The number of benzene rings is 2. The fourth-order valence-corrected chi connectivity index (χ4v) is 2.52. The van der Waals surface area contributed by atoms with Crippen molar-refractivity contribution in [3.8, 4) is 0 Å². The van der Waals surface area contributed by atoms with Crippen LogP contribution in [0.15, 0.2) is 40.9 Å². The Balaban J connectivity index is 1.81. The van der Waals surface area contributed by atoms with Crippen molar-refractivity contribution in [1.82, 2.24) is 5.32 Å². The SMILES string of the molecule is O=C(CCc1ccccc1Br)NCC(=O)Nc1ccc(F)c(F)c1F. The van der Waals surface area contributed by atoms with E-state index in [1.807, 2.05) is 24.3 Å². The van der Waals surface area contributed by atoms with Crippen LogP contribution in [0.3, 0.4) is 0 Å². The summed E-state index contributed by atoms with van der Waals surface area (Å²) in [7, 11) is 0. The van der Waals surface area contributed by atoms with Gasteiger partial charge in [0.1, 0.15) is 0 Å². The number of aryl methyl sites for hydroxylation is 1. The van der Waals surface area contributed by atoms with Crippen LogP contribution in [0, 0.1) is 17.5 Å². The molecule has 2 aromatic rings. The van der Waals surface area contributed by atoms with Crippen LogP contribution in [0.2, 0.25) is 0 Å². The molecule has 2 rings (SSSR count). The molecule has 0 aliphatic rings. The topological polar surface area (TPSA) is 58.2 Å². The van der Waals surface area contributed by atoms with Crippen LogP contribution in [0.5, 0.6) is 0 Å². The summed E-state index contributed by atoms with van der Waals surface area (Å²) < 4.78 is 40.2. The molecular weight excluding hydrogens is 401 g/mol. The average Bonchev–Trinajstić information content (AvgIpc) is 2.60. The molecule has 25 heavy (non-hydrogen) atoms. The minimum Gasteiger partial charge on any atom is -0.347 e. The van der Waals surface area contributed by atoms with Gasteiger partial charge in [-0.2, -0.15) is 0 Å². The maximum atomic E-state index is 13.4. The Bertz CT molecular complexity index is 799. The number of carbonyl (C=O) groups is 2. The summed E-state index contributed by atoms with van der Waals surface area (Å²) in [4.78, 5) is 23.4. The van der Waals surface area contributed by atoms with Gasteiger partial charge in [-0.3, -0.25) is 9.59 Å². The molecule has 0 atom stereocenters. The number of nitrogens with one attached hydrogen (secondary N) is 2. The number of carbonyl (C=O) groups excluding carboxylic acids is 2. The monoisotopic (exact) mass is 414 g/mol. The van der Waals surface area contributed by atoms with Gasteiger partial charge in [0, 0.05) is 10.9 Å². The molecule has 0 aliphatic carbocycles. The van der Waals surface area contributed by atoms with Crippen molar-refractivity contribution in [2.75, 3.05) is 11.9 Å². The van der Waals surface area contributed by atoms with Gasteiger partial charge < -0.3 is 10.6 Å². The van der Waals surface area contributed by atoms with E-state index in [9.17, 15) is 22.8 Å². The average molecular weight is 415 g/mol. The zero-order valence-corrected chi connectivity index (χ0v) is 14.5. The van der Waals surface area contributed by atoms with E-state index in [0.717, 1.165) is 16.1 Å². The fraction of sp³-hybridized carbons (Fsp3) is 0.176. The molecule has 0 saturated heterocycles. The molecule has 0 spiro atoms. The number of hydrogen-bond acceptors (Lipinski definition) is 2. The minimum absolute atomic E-state index is 0.162. The third-order valence-corrected chi connectivity index (χ3v) is 4.11. The molecule has 0 unspecified atom stereocenters. The second-order valence-electron chi connectivity index (χ2n) is 5.14. The number of amides is 2. The first-order valence-electron chi connectivity index (χ1n) is 7.32. The van der Waals surface area contributed by atoms with Crippen molar-refractivity contribution in [3.05, 3.63) is 63.9 Å². The van der Waals surface area contributed by atoms with Crippen LogP contribution >= 0.6 is 15.9 Å². The van der Waals surface area contributed by atoms with Crippen molar-refractivity contribution in [3.63, 3.8) is 0 Å². The number of hydrogen-bond donors (Lipinski definition) is 2. The molecule has 2 aromatic carbocycles. The van der Waals surface area contributed by atoms with Crippen molar-refractivity contribution < 1.29 is 22.8 Å². The lowest BCUT2D eigenvalue weighted by Gasteiger charge is -2.09. The normalized spacial score (nSPS) is 10.4. The van der Waals surface area contributed by atoms with Gasteiger partial charge in [0.05, 0.1) is 12.2 Å². The molecule has 132 valence electrons. The first kappa shape index (κ1) is 19.0. The van der Waals surface area contributed by atoms with Gasteiger partial charge in [-0.1, -0.05) is 34.1 Å². The lowest BCUT2D eigenvalue weighted by Crippen LogP contribution is -2.33. The smallest absolute Gasteiger partial charge is 0.243 e. The molecule has 0 aromatic heterocycles. The van der Waals surface area contributed by atoms with Gasteiger partial charge in [-0.25, -0.2) is 13.2 Å². The van der Waals surface area contributed by atoms with Crippen molar-refractivity contribution >= 4 is 33.4 Å². The van der Waals surface area contributed by atoms with E-state index in [1.165, 1.54) is 0 Å². The molecule has 2 amide bonds. The van der Waals surface area contributed by atoms with E-state index in [1.54, 1.807) is 0 Å². The van der Waals surface area contributed by atoms with Gasteiger partial charge in [0.2, 0.25) is 11.8 Å². The van der Waals surface area contributed by atoms with Gasteiger partial charge in [0.15, 0.2) is 17.5 Å².